The van der Waals surface area contributed by atoms with E-state index in [1.807, 2.05) is 18.2 Å². The van der Waals surface area contributed by atoms with E-state index in [2.05, 4.69) is 28.2 Å². The maximum absolute atomic E-state index is 10.5. The average molecular weight is 333 g/mol. The topological polar surface area (TPSA) is 32.3 Å². The van der Waals surface area contributed by atoms with Gasteiger partial charge < -0.3 is 10.4 Å². The predicted molar refractivity (Wildman–Crippen MR) is 78.9 cm³/mol. The number of hydrogen-bond acceptors (Lipinski definition) is 2. The smallest absolute Gasteiger partial charge is 0.0954 e. The summed E-state index contributed by atoms with van der Waals surface area (Å²) in [6, 6.07) is 5.68. The molecular formula is C14H19BrClNO. The molecule has 1 aliphatic heterocycles. The molecule has 2 nitrogen and oxygen atoms in total. The summed E-state index contributed by atoms with van der Waals surface area (Å²) in [7, 11) is 0. The molecule has 1 aliphatic rings. The van der Waals surface area contributed by atoms with Crippen molar-refractivity contribution in [2.24, 2.45) is 5.92 Å². The lowest BCUT2D eigenvalue weighted by Crippen LogP contribution is -2.42. The minimum atomic E-state index is -0.507. The first-order chi connectivity index (χ1) is 8.61. The van der Waals surface area contributed by atoms with Gasteiger partial charge in [0.2, 0.25) is 0 Å². The maximum atomic E-state index is 10.5. The minimum absolute atomic E-state index is 0.124. The highest BCUT2D eigenvalue weighted by molar-refractivity contribution is 9.10. The van der Waals surface area contributed by atoms with Gasteiger partial charge in [-0.3, -0.25) is 0 Å². The van der Waals surface area contributed by atoms with Crippen LogP contribution in [0.3, 0.4) is 0 Å². The molecule has 18 heavy (non-hydrogen) atoms. The van der Waals surface area contributed by atoms with E-state index in [1.54, 1.807) is 0 Å². The summed E-state index contributed by atoms with van der Waals surface area (Å²) in [5.74, 6) is 0.712. The molecule has 100 valence electrons. The third-order valence-electron chi connectivity index (χ3n) is 3.78. The van der Waals surface area contributed by atoms with Crippen LogP contribution in [0.4, 0.5) is 0 Å². The Morgan fingerprint density at radius 3 is 3.06 bits per heavy atom. The zero-order valence-electron chi connectivity index (χ0n) is 10.5. The van der Waals surface area contributed by atoms with Gasteiger partial charge in [0.05, 0.1) is 6.10 Å². The van der Waals surface area contributed by atoms with Crippen molar-refractivity contribution in [1.82, 2.24) is 5.32 Å². The highest BCUT2D eigenvalue weighted by Crippen LogP contribution is 2.32. The molecule has 3 atom stereocenters. The lowest BCUT2D eigenvalue weighted by molar-refractivity contribution is 0.0973. The molecular weight excluding hydrogens is 314 g/mol. The molecule has 0 saturated carbocycles. The fourth-order valence-corrected chi connectivity index (χ4v) is 3.26. The lowest BCUT2D eigenvalue weighted by atomic mass is 9.86. The van der Waals surface area contributed by atoms with Gasteiger partial charge in [0.15, 0.2) is 0 Å². The average Bonchev–Trinajstić information content (AvgIpc) is 2.41. The maximum Gasteiger partial charge on any atom is 0.0954 e. The summed E-state index contributed by atoms with van der Waals surface area (Å²) in [4.78, 5) is 0. The third kappa shape index (κ3) is 3.27. The van der Waals surface area contributed by atoms with Gasteiger partial charge in [-0.05, 0) is 49.1 Å². The molecule has 1 fully saturated rings. The molecule has 1 heterocycles. The normalized spacial score (nSPS) is 26.0. The van der Waals surface area contributed by atoms with Crippen LogP contribution in [0.2, 0.25) is 5.02 Å². The van der Waals surface area contributed by atoms with E-state index >= 15 is 0 Å². The minimum Gasteiger partial charge on any atom is -0.387 e. The standard InChI is InChI=1S/C14H19BrClNO/c1-2-9-5-6-17-13(7-9)14(18)11-8-10(16)3-4-12(11)15/h3-4,8-9,13-14,17-18H,2,5-7H2,1H3. The van der Waals surface area contributed by atoms with Gasteiger partial charge in [-0.25, -0.2) is 0 Å². The van der Waals surface area contributed by atoms with Gasteiger partial charge in [-0.15, -0.1) is 0 Å². The first-order valence-corrected chi connectivity index (χ1v) is 7.65. The molecule has 0 aromatic heterocycles. The summed E-state index contributed by atoms with van der Waals surface area (Å²) in [6.07, 6.45) is 2.90. The van der Waals surface area contributed by atoms with Gasteiger partial charge >= 0.3 is 0 Å². The Kier molecular flexibility index (Phi) is 5.07. The second-order valence-electron chi connectivity index (χ2n) is 4.97. The van der Waals surface area contributed by atoms with Crippen LogP contribution in [-0.4, -0.2) is 17.7 Å². The third-order valence-corrected chi connectivity index (χ3v) is 4.74. The van der Waals surface area contributed by atoms with Crippen LogP contribution in [0.25, 0.3) is 0 Å². The molecule has 1 aromatic rings. The number of benzene rings is 1. The Balaban J connectivity index is 2.14. The fourth-order valence-electron chi connectivity index (χ4n) is 2.60. The van der Waals surface area contributed by atoms with Crippen molar-refractivity contribution in [3.63, 3.8) is 0 Å². The molecule has 0 aliphatic carbocycles. The van der Waals surface area contributed by atoms with Gasteiger partial charge in [-0.2, -0.15) is 0 Å². The van der Waals surface area contributed by atoms with E-state index in [0.29, 0.717) is 10.9 Å². The Hall–Kier alpha value is -0.0900. The van der Waals surface area contributed by atoms with Crippen molar-refractivity contribution in [2.45, 2.75) is 38.3 Å². The van der Waals surface area contributed by atoms with E-state index in [9.17, 15) is 5.11 Å². The highest BCUT2D eigenvalue weighted by atomic mass is 79.9. The van der Waals surface area contributed by atoms with Gasteiger partial charge in [-0.1, -0.05) is 40.9 Å². The van der Waals surface area contributed by atoms with Crippen LogP contribution in [0.5, 0.6) is 0 Å². The van der Waals surface area contributed by atoms with E-state index in [1.165, 1.54) is 12.8 Å². The number of aliphatic hydroxyl groups is 1. The van der Waals surface area contributed by atoms with Gasteiger partial charge in [0.1, 0.15) is 0 Å². The molecule has 0 amide bonds. The number of rotatable bonds is 3. The SMILES string of the molecule is CCC1CCNC(C(O)c2cc(Cl)ccc2Br)C1. The molecule has 1 aromatic carbocycles. The van der Waals surface area contributed by atoms with Crippen molar-refractivity contribution in [1.29, 1.82) is 0 Å². The van der Waals surface area contributed by atoms with Crippen LogP contribution in [0.1, 0.15) is 37.9 Å². The van der Waals surface area contributed by atoms with Crippen LogP contribution in [-0.2, 0) is 0 Å². The van der Waals surface area contributed by atoms with E-state index in [4.69, 9.17) is 11.6 Å². The zero-order chi connectivity index (χ0) is 13.1. The molecule has 0 bridgehead atoms. The van der Waals surface area contributed by atoms with Crippen LogP contribution >= 0.6 is 27.5 Å². The van der Waals surface area contributed by atoms with Crippen LogP contribution < -0.4 is 5.32 Å². The largest absolute Gasteiger partial charge is 0.387 e. The summed E-state index contributed by atoms with van der Waals surface area (Å²) in [6.45, 7) is 3.20. The summed E-state index contributed by atoms with van der Waals surface area (Å²) in [5.41, 5.74) is 0.872. The predicted octanol–water partition coefficient (Wildman–Crippen LogP) is 3.91. The Bertz CT molecular complexity index is 413. The summed E-state index contributed by atoms with van der Waals surface area (Å²) >= 11 is 9.49. The van der Waals surface area contributed by atoms with Gasteiger partial charge in [0.25, 0.3) is 0 Å². The van der Waals surface area contributed by atoms with Crippen LogP contribution in [0.15, 0.2) is 22.7 Å². The van der Waals surface area contributed by atoms with E-state index < -0.39 is 6.10 Å². The fraction of sp³-hybridized carbons (Fsp3) is 0.571. The van der Waals surface area contributed by atoms with Crippen molar-refractivity contribution < 1.29 is 5.11 Å². The van der Waals surface area contributed by atoms with Crippen molar-refractivity contribution in [3.8, 4) is 0 Å². The quantitative estimate of drug-likeness (QED) is 0.879. The highest BCUT2D eigenvalue weighted by Gasteiger charge is 2.28. The number of nitrogens with one attached hydrogen (secondary N) is 1. The monoisotopic (exact) mass is 331 g/mol. The van der Waals surface area contributed by atoms with E-state index in [0.717, 1.165) is 23.0 Å². The molecule has 4 heteroatoms. The van der Waals surface area contributed by atoms with Gasteiger partial charge in [0, 0.05) is 15.5 Å². The number of aliphatic hydroxyl groups excluding tert-OH is 1. The number of hydrogen-bond donors (Lipinski definition) is 2. The molecule has 1 saturated heterocycles. The summed E-state index contributed by atoms with van der Waals surface area (Å²) in [5, 5.41) is 14.6. The van der Waals surface area contributed by atoms with Crippen molar-refractivity contribution >= 4 is 27.5 Å². The first-order valence-electron chi connectivity index (χ1n) is 6.48. The number of halogens is 2. The van der Waals surface area contributed by atoms with Crippen molar-refractivity contribution in [3.05, 3.63) is 33.3 Å². The Labute approximate surface area is 122 Å². The zero-order valence-corrected chi connectivity index (χ0v) is 12.8. The summed E-state index contributed by atoms with van der Waals surface area (Å²) < 4.78 is 0.917. The van der Waals surface area contributed by atoms with Crippen molar-refractivity contribution in [2.75, 3.05) is 6.54 Å². The second kappa shape index (κ2) is 6.38. The molecule has 2 N–H and O–H groups in total. The molecule has 3 unspecified atom stereocenters. The van der Waals surface area contributed by atoms with Crippen LogP contribution in [0, 0.1) is 5.92 Å². The molecule has 2 rings (SSSR count). The lowest BCUT2D eigenvalue weighted by Gasteiger charge is -2.33. The Morgan fingerprint density at radius 2 is 2.33 bits per heavy atom. The molecule has 0 spiro atoms. The second-order valence-corrected chi connectivity index (χ2v) is 6.26. The number of piperidine rings is 1. The first kappa shape index (κ1) is 14.3. The van der Waals surface area contributed by atoms with E-state index in [-0.39, 0.29) is 6.04 Å². The molecule has 0 radical (unpaired) electrons. The Morgan fingerprint density at radius 1 is 1.56 bits per heavy atom.